The van der Waals surface area contributed by atoms with Crippen LogP contribution in [0.1, 0.15) is 12.0 Å². The molecule has 1 N–H and O–H groups in total. The van der Waals surface area contributed by atoms with E-state index < -0.39 is 0 Å². The topological polar surface area (TPSA) is 47.6 Å². The number of hydrogen-bond donors (Lipinski definition) is 1. The zero-order valence-electron chi connectivity index (χ0n) is 12.9. The van der Waals surface area contributed by atoms with Crippen molar-refractivity contribution >= 4 is 39.1 Å². The molecule has 122 valence electrons. The van der Waals surface area contributed by atoms with Gasteiger partial charge in [-0.25, -0.2) is 0 Å². The molecule has 2 aromatic rings. The van der Waals surface area contributed by atoms with Crippen LogP contribution in [0.2, 0.25) is 5.02 Å². The number of halogens is 2. The van der Waals surface area contributed by atoms with Crippen LogP contribution < -0.4 is 14.8 Å². The van der Waals surface area contributed by atoms with Gasteiger partial charge in [0.1, 0.15) is 0 Å². The number of anilines is 1. The third kappa shape index (κ3) is 4.88. The van der Waals surface area contributed by atoms with Crippen LogP contribution in [-0.2, 0) is 11.2 Å². The number of ether oxygens (including phenoxy) is 2. The Morgan fingerprint density at radius 3 is 2.52 bits per heavy atom. The van der Waals surface area contributed by atoms with Crippen LogP contribution in [0.3, 0.4) is 0 Å². The third-order valence-electron chi connectivity index (χ3n) is 3.28. The predicted octanol–water partition coefficient (Wildman–Crippen LogP) is 4.69. The van der Waals surface area contributed by atoms with Crippen LogP contribution in [0.25, 0.3) is 0 Å². The van der Waals surface area contributed by atoms with Crippen molar-refractivity contribution in [2.24, 2.45) is 0 Å². The summed E-state index contributed by atoms with van der Waals surface area (Å²) < 4.78 is 11.4. The average molecular weight is 399 g/mol. The van der Waals surface area contributed by atoms with Crippen LogP contribution in [-0.4, -0.2) is 20.1 Å². The molecule has 0 aliphatic heterocycles. The molecule has 0 radical (unpaired) electrons. The van der Waals surface area contributed by atoms with Gasteiger partial charge in [-0.15, -0.1) is 0 Å². The summed E-state index contributed by atoms with van der Waals surface area (Å²) in [6, 6.07) is 10.8. The minimum atomic E-state index is -0.0750. The second-order valence-corrected chi connectivity index (χ2v) is 6.15. The van der Waals surface area contributed by atoms with E-state index in [1.54, 1.807) is 38.5 Å². The Morgan fingerprint density at radius 1 is 1.17 bits per heavy atom. The van der Waals surface area contributed by atoms with Crippen molar-refractivity contribution in [2.45, 2.75) is 12.8 Å². The molecule has 0 saturated carbocycles. The standard InChI is InChI=1S/C17H17BrClNO3/c1-22-15-8-11(14(18)10-16(15)23-2)6-7-17(21)20-13-5-3-4-12(19)9-13/h3-5,8-10H,6-7H2,1-2H3,(H,20,21). The maximum atomic E-state index is 12.1. The van der Waals surface area contributed by atoms with Crippen molar-refractivity contribution in [1.29, 1.82) is 0 Å². The lowest BCUT2D eigenvalue weighted by molar-refractivity contribution is -0.116. The molecule has 0 saturated heterocycles. The molecule has 0 unspecified atom stereocenters. The Kier molecular flexibility index (Phi) is 6.30. The number of carbonyl (C=O) groups is 1. The van der Waals surface area contributed by atoms with Gasteiger partial charge in [-0.1, -0.05) is 33.6 Å². The molecule has 0 spiro atoms. The van der Waals surface area contributed by atoms with E-state index in [2.05, 4.69) is 21.2 Å². The van der Waals surface area contributed by atoms with E-state index in [0.717, 1.165) is 10.0 Å². The summed E-state index contributed by atoms with van der Waals surface area (Å²) in [5.41, 5.74) is 1.66. The maximum Gasteiger partial charge on any atom is 0.224 e. The monoisotopic (exact) mass is 397 g/mol. The van der Waals surface area contributed by atoms with Gasteiger partial charge in [-0.05, 0) is 42.3 Å². The first-order chi connectivity index (χ1) is 11.0. The summed E-state index contributed by atoms with van der Waals surface area (Å²) in [6.45, 7) is 0. The van der Waals surface area contributed by atoms with Crippen LogP contribution in [0.5, 0.6) is 11.5 Å². The summed E-state index contributed by atoms with van der Waals surface area (Å²) >= 11 is 9.39. The lowest BCUT2D eigenvalue weighted by Crippen LogP contribution is -2.12. The number of nitrogens with one attached hydrogen (secondary N) is 1. The highest BCUT2D eigenvalue weighted by molar-refractivity contribution is 9.10. The Hall–Kier alpha value is -1.72. The van der Waals surface area contributed by atoms with Crippen molar-refractivity contribution in [3.05, 3.63) is 51.5 Å². The van der Waals surface area contributed by atoms with Crippen molar-refractivity contribution in [3.63, 3.8) is 0 Å². The van der Waals surface area contributed by atoms with E-state index >= 15 is 0 Å². The number of carbonyl (C=O) groups excluding carboxylic acids is 1. The fourth-order valence-electron chi connectivity index (χ4n) is 2.13. The number of amides is 1. The van der Waals surface area contributed by atoms with E-state index in [-0.39, 0.29) is 5.91 Å². The van der Waals surface area contributed by atoms with Crippen LogP contribution >= 0.6 is 27.5 Å². The summed E-state index contributed by atoms with van der Waals surface area (Å²) in [4.78, 5) is 12.1. The number of aryl methyl sites for hydroxylation is 1. The third-order valence-corrected chi connectivity index (χ3v) is 4.26. The lowest BCUT2D eigenvalue weighted by Gasteiger charge is -2.12. The highest BCUT2D eigenvalue weighted by Crippen LogP contribution is 2.33. The normalized spacial score (nSPS) is 10.3. The minimum Gasteiger partial charge on any atom is -0.493 e. The lowest BCUT2D eigenvalue weighted by atomic mass is 10.1. The quantitative estimate of drug-likeness (QED) is 0.768. The second-order valence-electron chi connectivity index (χ2n) is 4.86. The zero-order chi connectivity index (χ0) is 16.8. The van der Waals surface area contributed by atoms with Gasteiger partial charge in [0.2, 0.25) is 5.91 Å². The van der Waals surface area contributed by atoms with Crippen molar-refractivity contribution in [2.75, 3.05) is 19.5 Å². The molecule has 0 aromatic heterocycles. The highest BCUT2D eigenvalue weighted by atomic mass is 79.9. The van der Waals surface area contributed by atoms with Gasteiger partial charge in [0.05, 0.1) is 14.2 Å². The van der Waals surface area contributed by atoms with E-state index in [4.69, 9.17) is 21.1 Å². The smallest absolute Gasteiger partial charge is 0.224 e. The van der Waals surface area contributed by atoms with Gasteiger partial charge in [-0.2, -0.15) is 0 Å². The van der Waals surface area contributed by atoms with Crippen LogP contribution in [0.4, 0.5) is 5.69 Å². The van der Waals surface area contributed by atoms with E-state index in [9.17, 15) is 4.79 Å². The Balaban J connectivity index is 2.01. The van der Waals surface area contributed by atoms with Crippen molar-refractivity contribution in [1.82, 2.24) is 0 Å². The molecule has 0 bridgehead atoms. The second kappa shape index (κ2) is 8.22. The molecule has 0 atom stereocenters. The fraction of sp³-hybridized carbons (Fsp3) is 0.235. The van der Waals surface area contributed by atoms with Gasteiger partial charge < -0.3 is 14.8 Å². The summed E-state index contributed by atoms with van der Waals surface area (Å²) in [5.74, 6) is 1.21. The van der Waals surface area contributed by atoms with E-state index in [0.29, 0.717) is 35.1 Å². The molecule has 2 rings (SSSR count). The SMILES string of the molecule is COc1cc(Br)c(CCC(=O)Nc2cccc(Cl)c2)cc1OC. The fourth-order valence-corrected chi connectivity index (χ4v) is 2.84. The largest absolute Gasteiger partial charge is 0.493 e. The molecular weight excluding hydrogens is 382 g/mol. The van der Waals surface area contributed by atoms with Crippen LogP contribution in [0.15, 0.2) is 40.9 Å². The first kappa shape index (κ1) is 17.6. The molecule has 0 fully saturated rings. The van der Waals surface area contributed by atoms with Gasteiger partial charge in [0, 0.05) is 21.6 Å². The Morgan fingerprint density at radius 2 is 1.87 bits per heavy atom. The molecular formula is C17H17BrClNO3. The van der Waals surface area contributed by atoms with E-state index in [1.807, 2.05) is 12.1 Å². The average Bonchev–Trinajstić information content (AvgIpc) is 2.53. The Bertz CT molecular complexity index is 706. The van der Waals surface area contributed by atoms with Gasteiger partial charge in [0.15, 0.2) is 11.5 Å². The molecule has 6 heteroatoms. The van der Waals surface area contributed by atoms with Gasteiger partial charge >= 0.3 is 0 Å². The summed E-state index contributed by atoms with van der Waals surface area (Å²) in [7, 11) is 3.17. The molecule has 0 aliphatic rings. The number of rotatable bonds is 6. The predicted molar refractivity (Wildman–Crippen MR) is 95.6 cm³/mol. The summed E-state index contributed by atoms with van der Waals surface area (Å²) in [5, 5.41) is 3.42. The zero-order valence-corrected chi connectivity index (χ0v) is 15.2. The molecule has 0 heterocycles. The van der Waals surface area contributed by atoms with Crippen molar-refractivity contribution in [3.8, 4) is 11.5 Å². The molecule has 0 aliphatic carbocycles. The van der Waals surface area contributed by atoms with E-state index in [1.165, 1.54) is 0 Å². The van der Waals surface area contributed by atoms with Gasteiger partial charge in [-0.3, -0.25) is 4.79 Å². The first-order valence-electron chi connectivity index (χ1n) is 6.99. The minimum absolute atomic E-state index is 0.0750. The van der Waals surface area contributed by atoms with Crippen molar-refractivity contribution < 1.29 is 14.3 Å². The number of hydrogen-bond acceptors (Lipinski definition) is 3. The molecule has 4 nitrogen and oxygen atoms in total. The molecule has 23 heavy (non-hydrogen) atoms. The van der Waals surface area contributed by atoms with Crippen LogP contribution in [0, 0.1) is 0 Å². The first-order valence-corrected chi connectivity index (χ1v) is 8.16. The summed E-state index contributed by atoms with van der Waals surface area (Å²) in [6.07, 6.45) is 0.925. The molecule has 2 aromatic carbocycles. The number of benzene rings is 2. The Labute approximate surface area is 148 Å². The highest BCUT2D eigenvalue weighted by Gasteiger charge is 2.11. The number of methoxy groups -OCH3 is 2. The van der Waals surface area contributed by atoms with Gasteiger partial charge in [0.25, 0.3) is 0 Å². The maximum absolute atomic E-state index is 12.1. The molecule has 1 amide bonds.